The minimum Gasteiger partial charge on any atom is -0.462 e. The number of nitrogens with one attached hydrogen (secondary N) is 2. The van der Waals surface area contributed by atoms with Gasteiger partial charge in [0.05, 0.1) is 12.2 Å². The van der Waals surface area contributed by atoms with Crippen molar-refractivity contribution in [1.29, 1.82) is 5.41 Å². The van der Waals surface area contributed by atoms with Gasteiger partial charge in [0.25, 0.3) is 0 Å². The summed E-state index contributed by atoms with van der Waals surface area (Å²) in [6.45, 7) is 5.80. The van der Waals surface area contributed by atoms with Gasteiger partial charge in [0.1, 0.15) is 11.5 Å². The molecule has 0 fully saturated rings. The molecule has 0 aliphatic rings. The van der Waals surface area contributed by atoms with Crippen LogP contribution in [0.15, 0.2) is 11.6 Å². The van der Waals surface area contributed by atoms with E-state index in [2.05, 4.69) is 5.32 Å². The molecule has 0 unspecified atom stereocenters. The maximum absolute atomic E-state index is 12.1. The number of amides is 1. The first-order chi connectivity index (χ1) is 10.4. The lowest BCUT2D eigenvalue weighted by atomic mass is 10.1. The summed E-state index contributed by atoms with van der Waals surface area (Å²) in [6.07, 6.45) is 1.68. The number of anilines is 1. The molecule has 126 valence electrons. The molecule has 2 aromatic heterocycles. The quantitative estimate of drug-likeness (QED) is 0.788. The van der Waals surface area contributed by atoms with Gasteiger partial charge in [0, 0.05) is 16.5 Å². The van der Waals surface area contributed by atoms with Gasteiger partial charge in [-0.3, -0.25) is 10.2 Å². The van der Waals surface area contributed by atoms with E-state index in [1.54, 1.807) is 18.5 Å². The van der Waals surface area contributed by atoms with E-state index in [9.17, 15) is 9.59 Å². The maximum atomic E-state index is 12.1. The molecule has 2 heterocycles. The number of rotatable bonds is 5. The zero-order valence-corrected chi connectivity index (χ0v) is 15.4. The monoisotopic (exact) mass is 375 g/mol. The van der Waals surface area contributed by atoms with Gasteiger partial charge in [-0.1, -0.05) is 0 Å². The van der Waals surface area contributed by atoms with E-state index in [1.165, 1.54) is 27.2 Å². The van der Waals surface area contributed by atoms with Crippen molar-refractivity contribution in [2.75, 3.05) is 11.9 Å². The molecule has 0 atom stereocenters. The summed E-state index contributed by atoms with van der Waals surface area (Å²) >= 11 is 2.61. The lowest BCUT2D eigenvalue weighted by Crippen LogP contribution is -2.24. The molecule has 23 heavy (non-hydrogen) atoms. The molecule has 0 radical (unpaired) electrons. The summed E-state index contributed by atoms with van der Waals surface area (Å²) in [4.78, 5) is 25.4. The van der Waals surface area contributed by atoms with Gasteiger partial charge in [0.2, 0.25) is 5.91 Å². The van der Waals surface area contributed by atoms with Crippen molar-refractivity contribution in [1.82, 2.24) is 4.57 Å². The van der Waals surface area contributed by atoms with Crippen molar-refractivity contribution in [3.8, 4) is 0 Å². The third kappa shape index (κ3) is 4.43. The van der Waals surface area contributed by atoms with Crippen LogP contribution in [0, 0.1) is 19.3 Å². The SMILES string of the molecule is CCOC(=O)c1c(NC(=O)Cn2ccsc2=N)sc(C)c1C.Cl. The van der Waals surface area contributed by atoms with Crippen LogP contribution in [-0.4, -0.2) is 23.1 Å². The Bertz CT molecular complexity index is 764. The normalized spacial score (nSPS) is 10.0. The third-order valence-electron chi connectivity index (χ3n) is 3.11. The van der Waals surface area contributed by atoms with Gasteiger partial charge < -0.3 is 14.6 Å². The number of thiophene rings is 1. The van der Waals surface area contributed by atoms with E-state index in [0.717, 1.165) is 10.4 Å². The Hall–Kier alpha value is -1.64. The van der Waals surface area contributed by atoms with Crippen LogP contribution < -0.4 is 10.1 Å². The van der Waals surface area contributed by atoms with Crippen molar-refractivity contribution in [3.05, 3.63) is 32.4 Å². The molecule has 0 aromatic carbocycles. The molecule has 2 aromatic rings. The number of esters is 1. The van der Waals surface area contributed by atoms with E-state index >= 15 is 0 Å². The molecule has 9 heteroatoms. The second-order valence-electron chi connectivity index (χ2n) is 4.59. The number of nitrogens with zero attached hydrogens (tertiary/aromatic N) is 1. The van der Waals surface area contributed by atoms with E-state index in [1.807, 2.05) is 13.8 Å². The van der Waals surface area contributed by atoms with E-state index in [-0.39, 0.29) is 31.5 Å². The van der Waals surface area contributed by atoms with Gasteiger partial charge in [-0.25, -0.2) is 4.79 Å². The maximum Gasteiger partial charge on any atom is 0.341 e. The van der Waals surface area contributed by atoms with E-state index < -0.39 is 5.97 Å². The number of halogens is 1. The van der Waals surface area contributed by atoms with Crippen LogP contribution >= 0.6 is 35.1 Å². The third-order valence-corrected chi connectivity index (χ3v) is 4.95. The fraction of sp³-hybridized carbons (Fsp3) is 0.357. The second-order valence-corrected chi connectivity index (χ2v) is 6.71. The molecule has 2 N–H and O–H groups in total. The van der Waals surface area contributed by atoms with Gasteiger partial charge in [-0.05, 0) is 26.3 Å². The van der Waals surface area contributed by atoms with Crippen LogP contribution in [0.1, 0.15) is 27.7 Å². The van der Waals surface area contributed by atoms with Gasteiger partial charge in [0.15, 0.2) is 4.80 Å². The number of carbonyl (C=O) groups excluding carboxylic acids is 2. The van der Waals surface area contributed by atoms with E-state index in [0.29, 0.717) is 15.4 Å². The summed E-state index contributed by atoms with van der Waals surface area (Å²) < 4.78 is 6.59. The van der Waals surface area contributed by atoms with Crippen molar-refractivity contribution in [2.24, 2.45) is 0 Å². The highest BCUT2D eigenvalue weighted by Crippen LogP contribution is 2.33. The molecule has 1 amide bonds. The van der Waals surface area contributed by atoms with Crippen LogP contribution in [0.5, 0.6) is 0 Å². The van der Waals surface area contributed by atoms with Gasteiger partial charge in [-0.2, -0.15) is 0 Å². The summed E-state index contributed by atoms with van der Waals surface area (Å²) in [5.74, 6) is -0.701. The molecule has 0 aliphatic heterocycles. The molecular weight excluding hydrogens is 358 g/mol. The average Bonchev–Trinajstić information content (AvgIpc) is 2.95. The molecular formula is C14H18ClN3O3S2. The number of hydrogen-bond donors (Lipinski definition) is 2. The van der Waals surface area contributed by atoms with Crippen LogP contribution in [-0.2, 0) is 16.1 Å². The van der Waals surface area contributed by atoms with E-state index in [4.69, 9.17) is 10.1 Å². The Morgan fingerprint density at radius 2 is 2.09 bits per heavy atom. The molecule has 0 saturated carbocycles. The summed E-state index contributed by atoms with van der Waals surface area (Å²) in [7, 11) is 0. The summed E-state index contributed by atoms with van der Waals surface area (Å²) in [6, 6.07) is 0. The second kappa shape index (κ2) is 8.28. The molecule has 6 nitrogen and oxygen atoms in total. The zero-order chi connectivity index (χ0) is 16.3. The van der Waals surface area contributed by atoms with Crippen LogP contribution in [0.4, 0.5) is 5.00 Å². The van der Waals surface area contributed by atoms with Crippen LogP contribution in [0.2, 0.25) is 0 Å². The number of carbonyl (C=O) groups is 2. The van der Waals surface area contributed by atoms with Gasteiger partial charge in [-0.15, -0.1) is 35.1 Å². The summed E-state index contributed by atoms with van der Waals surface area (Å²) in [5.41, 5.74) is 1.24. The minimum atomic E-state index is -0.427. The van der Waals surface area contributed by atoms with Crippen molar-refractivity contribution >= 4 is 52.0 Å². The first-order valence-electron chi connectivity index (χ1n) is 6.69. The highest BCUT2D eigenvalue weighted by Gasteiger charge is 2.22. The van der Waals surface area contributed by atoms with Crippen LogP contribution in [0.25, 0.3) is 0 Å². The Balaban J connectivity index is 0.00000264. The molecule has 0 saturated heterocycles. The van der Waals surface area contributed by atoms with Crippen molar-refractivity contribution < 1.29 is 14.3 Å². The number of aryl methyl sites for hydroxylation is 1. The standard InChI is InChI=1S/C14H17N3O3S2.ClH/c1-4-20-13(19)11-8(2)9(3)22-12(11)16-10(18)7-17-5-6-21-14(17)15;/h5-6,15H,4,7H2,1-3H3,(H,16,18);1H. The molecule has 2 rings (SSSR count). The number of thiazole rings is 1. The summed E-state index contributed by atoms with van der Waals surface area (Å²) in [5, 5.41) is 12.7. The van der Waals surface area contributed by atoms with Gasteiger partial charge >= 0.3 is 5.97 Å². The lowest BCUT2D eigenvalue weighted by molar-refractivity contribution is -0.116. The average molecular weight is 376 g/mol. The first kappa shape index (κ1) is 19.4. The molecule has 0 aliphatic carbocycles. The highest BCUT2D eigenvalue weighted by molar-refractivity contribution is 7.16. The number of aromatic nitrogens is 1. The topological polar surface area (TPSA) is 84.2 Å². The Morgan fingerprint density at radius 3 is 2.65 bits per heavy atom. The lowest BCUT2D eigenvalue weighted by Gasteiger charge is -2.07. The predicted octanol–water partition coefficient (Wildman–Crippen LogP) is 2.94. The molecule has 0 bridgehead atoms. The first-order valence-corrected chi connectivity index (χ1v) is 8.39. The number of ether oxygens (including phenoxy) is 1. The Kier molecular flexibility index (Phi) is 6.99. The molecule has 0 spiro atoms. The number of hydrogen-bond acceptors (Lipinski definition) is 6. The fourth-order valence-electron chi connectivity index (χ4n) is 1.91. The zero-order valence-electron chi connectivity index (χ0n) is 13.0. The Labute approximate surface area is 148 Å². The smallest absolute Gasteiger partial charge is 0.341 e. The largest absolute Gasteiger partial charge is 0.462 e. The minimum absolute atomic E-state index is 0. The predicted molar refractivity (Wildman–Crippen MR) is 93.8 cm³/mol. The Morgan fingerprint density at radius 1 is 1.39 bits per heavy atom. The highest BCUT2D eigenvalue weighted by atomic mass is 35.5. The van der Waals surface area contributed by atoms with Crippen LogP contribution in [0.3, 0.4) is 0 Å². The van der Waals surface area contributed by atoms with Crippen molar-refractivity contribution in [3.63, 3.8) is 0 Å². The van der Waals surface area contributed by atoms with Crippen molar-refractivity contribution in [2.45, 2.75) is 27.3 Å². The fourth-order valence-corrected chi connectivity index (χ4v) is 3.58.